The molecule has 2 N–H and O–H groups in total. The lowest BCUT2D eigenvalue weighted by molar-refractivity contribution is 0.348. The number of aromatic nitrogens is 1. The highest BCUT2D eigenvalue weighted by molar-refractivity contribution is 7.11. The molecule has 17 heavy (non-hydrogen) atoms. The molecule has 4 heteroatoms. The van der Waals surface area contributed by atoms with Gasteiger partial charge in [0.1, 0.15) is 5.01 Å². The average molecular weight is 253 g/mol. The summed E-state index contributed by atoms with van der Waals surface area (Å²) in [6, 6.07) is 0. The Hall–Kier alpha value is -0.450. The van der Waals surface area contributed by atoms with Gasteiger partial charge in [-0.05, 0) is 58.2 Å². The van der Waals surface area contributed by atoms with Gasteiger partial charge >= 0.3 is 0 Å². The van der Waals surface area contributed by atoms with Crippen LogP contribution >= 0.6 is 11.3 Å². The Morgan fingerprint density at radius 1 is 1.59 bits per heavy atom. The van der Waals surface area contributed by atoms with Gasteiger partial charge in [-0.3, -0.25) is 0 Å². The van der Waals surface area contributed by atoms with E-state index in [9.17, 15) is 0 Å². The molecule has 2 rings (SSSR count). The number of hydrogen-bond acceptors (Lipinski definition) is 4. The maximum Gasteiger partial charge on any atom is 0.107 e. The summed E-state index contributed by atoms with van der Waals surface area (Å²) in [5.41, 5.74) is 0. The first-order valence-electron chi connectivity index (χ1n) is 6.67. The minimum absolute atomic E-state index is 0.910. The normalized spacial score (nSPS) is 20.6. The lowest BCUT2D eigenvalue weighted by atomic mass is 9.95. The van der Waals surface area contributed by atoms with E-state index in [1.807, 2.05) is 6.20 Å². The summed E-state index contributed by atoms with van der Waals surface area (Å²) in [6.07, 6.45) is 7.37. The Labute approximate surface area is 108 Å². The van der Waals surface area contributed by atoms with Crippen LogP contribution in [0.5, 0.6) is 0 Å². The Bertz CT molecular complexity index is 318. The maximum atomic E-state index is 4.35. The molecular formula is C13H23N3S. The van der Waals surface area contributed by atoms with Gasteiger partial charge in [-0.25, -0.2) is 4.98 Å². The second-order valence-corrected chi connectivity index (χ2v) is 6.22. The lowest BCUT2D eigenvalue weighted by Crippen LogP contribution is -2.30. The van der Waals surface area contributed by atoms with Crippen molar-refractivity contribution < 1.29 is 0 Å². The molecule has 1 saturated heterocycles. The zero-order valence-electron chi connectivity index (χ0n) is 10.7. The summed E-state index contributed by atoms with van der Waals surface area (Å²) >= 11 is 1.79. The number of nitrogens with one attached hydrogen (secondary N) is 2. The Balaban J connectivity index is 1.51. The van der Waals surface area contributed by atoms with Gasteiger partial charge in [0.05, 0.1) is 0 Å². The molecule has 2 heterocycles. The molecule has 0 aromatic carbocycles. The smallest absolute Gasteiger partial charge is 0.107 e. The van der Waals surface area contributed by atoms with Gasteiger partial charge < -0.3 is 10.6 Å². The number of rotatable bonds is 6. The van der Waals surface area contributed by atoms with Crippen molar-refractivity contribution in [3.8, 4) is 0 Å². The molecule has 1 unspecified atom stereocenters. The van der Waals surface area contributed by atoms with Crippen molar-refractivity contribution >= 4 is 11.3 Å². The zero-order chi connectivity index (χ0) is 11.9. The van der Waals surface area contributed by atoms with E-state index in [4.69, 9.17) is 0 Å². The highest BCUT2D eigenvalue weighted by Crippen LogP contribution is 2.15. The van der Waals surface area contributed by atoms with E-state index in [1.54, 1.807) is 11.3 Å². The van der Waals surface area contributed by atoms with Gasteiger partial charge in [0.15, 0.2) is 0 Å². The largest absolute Gasteiger partial charge is 0.316 e. The predicted octanol–water partition coefficient (Wildman–Crippen LogP) is 2.32. The molecule has 1 aliphatic heterocycles. The first-order chi connectivity index (χ1) is 8.34. The number of piperidine rings is 1. The van der Waals surface area contributed by atoms with Crippen molar-refractivity contribution in [1.29, 1.82) is 0 Å². The quantitative estimate of drug-likeness (QED) is 0.764. The van der Waals surface area contributed by atoms with Gasteiger partial charge in [0, 0.05) is 17.6 Å². The average Bonchev–Trinajstić information content (AvgIpc) is 2.76. The summed E-state index contributed by atoms with van der Waals surface area (Å²) in [5.74, 6) is 0.910. The third-order valence-corrected chi connectivity index (χ3v) is 4.22. The molecule has 96 valence electrons. The van der Waals surface area contributed by atoms with Gasteiger partial charge in [-0.1, -0.05) is 0 Å². The van der Waals surface area contributed by atoms with Gasteiger partial charge in [-0.2, -0.15) is 0 Å². The van der Waals surface area contributed by atoms with Crippen molar-refractivity contribution in [2.75, 3.05) is 19.6 Å². The van der Waals surface area contributed by atoms with Crippen LogP contribution in [0.3, 0.4) is 0 Å². The topological polar surface area (TPSA) is 37.0 Å². The van der Waals surface area contributed by atoms with Crippen molar-refractivity contribution in [2.45, 2.75) is 39.2 Å². The van der Waals surface area contributed by atoms with Gasteiger partial charge in [-0.15, -0.1) is 11.3 Å². The van der Waals surface area contributed by atoms with Crippen molar-refractivity contribution in [3.05, 3.63) is 16.1 Å². The molecule has 3 nitrogen and oxygen atoms in total. The van der Waals surface area contributed by atoms with Crippen LogP contribution in [0.15, 0.2) is 6.20 Å². The monoisotopic (exact) mass is 253 g/mol. The number of nitrogens with zero attached hydrogens (tertiary/aromatic N) is 1. The van der Waals surface area contributed by atoms with Crippen LogP contribution in [0.25, 0.3) is 0 Å². The molecule has 1 aliphatic rings. The summed E-state index contributed by atoms with van der Waals surface area (Å²) in [5, 5.41) is 8.17. The van der Waals surface area contributed by atoms with Crippen LogP contribution in [0, 0.1) is 12.8 Å². The molecule has 0 radical (unpaired) electrons. The lowest BCUT2D eigenvalue weighted by Gasteiger charge is -2.22. The van der Waals surface area contributed by atoms with Crippen LogP contribution < -0.4 is 10.6 Å². The van der Waals surface area contributed by atoms with E-state index in [0.717, 1.165) is 19.0 Å². The van der Waals surface area contributed by atoms with E-state index < -0.39 is 0 Å². The Morgan fingerprint density at radius 3 is 3.24 bits per heavy atom. The molecule has 1 fully saturated rings. The van der Waals surface area contributed by atoms with Crippen LogP contribution in [0.2, 0.25) is 0 Å². The zero-order valence-corrected chi connectivity index (χ0v) is 11.5. The molecule has 1 aromatic heterocycles. The highest BCUT2D eigenvalue weighted by atomic mass is 32.1. The van der Waals surface area contributed by atoms with Crippen molar-refractivity contribution in [2.24, 2.45) is 5.92 Å². The van der Waals surface area contributed by atoms with Crippen LogP contribution in [0.1, 0.15) is 35.6 Å². The predicted molar refractivity (Wildman–Crippen MR) is 73.4 cm³/mol. The first kappa shape index (κ1) is 13.0. The molecule has 0 spiro atoms. The van der Waals surface area contributed by atoms with E-state index in [0.29, 0.717) is 0 Å². The second-order valence-electron chi connectivity index (χ2n) is 4.90. The third kappa shape index (κ3) is 4.74. The van der Waals surface area contributed by atoms with E-state index >= 15 is 0 Å². The van der Waals surface area contributed by atoms with Crippen molar-refractivity contribution in [3.63, 3.8) is 0 Å². The van der Waals surface area contributed by atoms with E-state index in [1.165, 1.54) is 48.7 Å². The fourth-order valence-corrected chi connectivity index (χ4v) is 3.12. The molecule has 1 atom stereocenters. The first-order valence-corrected chi connectivity index (χ1v) is 7.49. The molecule has 0 bridgehead atoms. The number of thiazole rings is 1. The summed E-state index contributed by atoms with van der Waals surface area (Å²) in [6.45, 7) is 6.61. The minimum atomic E-state index is 0.910. The standard InChI is InChI=1S/C13H23N3S/c1-11-8-16-13(17-11)10-15-7-3-5-12-4-2-6-14-9-12/h8,12,14-15H,2-7,9-10H2,1H3. The Kier molecular flexibility index (Phi) is 5.42. The third-order valence-electron chi connectivity index (χ3n) is 3.31. The highest BCUT2D eigenvalue weighted by Gasteiger charge is 2.11. The summed E-state index contributed by atoms with van der Waals surface area (Å²) in [4.78, 5) is 5.65. The van der Waals surface area contributed by atoms with Crippen LogP contribution in [0.4, 0.5) is 0 Å². The molecule has 0 saturated carbocycles. The summed E-state index contributed by atoms with van der Waals surface area (Å²) < 4.78 is 0. The fraction of sp³-hybridized carbons (Fsp3) is 0.769. The van der Waals surface area contributed by atoms with E-state index in [2.05, 4.69) is 22.5 Å². The summed E-state index contributed by atoms with van der Waals surface area (Å²) in [7, 11) is 0. The number of hydrogen-bond donors (Lipinski definition) is 2. The second kappa shape index (κ2) is 7.09. The maximum absolute atomic E-state index is 4.35. The SMILES string of the molecule is Cc1cnc(CNCCCC2CCCNC2)s1. The van der Waals surface area contributed by atoms with Gasteiger partial charge in [0.2, 0.25) is 0 Å². The minimum Gasteiger partial charge on any atom is -0.316 e. The van der Waals surface area contributed by atoms with Gasteiger partial charge in [0.25, 0.3) is 0 Å². The Morgan fingerprint density at radius 2 is 2.53 bits per heavy atom. The molecule has 1 aromatic rings. The van der Waals surface area contributed by atoms with Crippen LogP contribution in [-0.2, 0) is 6.54 Å². The molecule has 0 amide bonds. The molecule has 0 aliphatic carbocycles. The number of aryl methyl sites for hydroxylation is 1. The molecular weight excluding hydrogens is 230 g/mol. The van der Waals surface area contributed by atoms with E-state index in [-0.39, 0.29) is 0 Å². The fourth-order valence-electron chi connectivity index (χ4n) is 2.36. The van der Waals surface area contributed by atoms with Crippen molar-refractivity contribution in [1.82, 2.24) is 15.6 Å². The van der Waals surface area contributed by atoms with Crippen LogP contribution in [-0.4, -0.2) is 24.6 Å².